The Morgan fingerprint density at radius 3 is 2.72 bits per heavy atom. The fourth-order valence-electron chi connectivity index (χ4n) is 1.61. The lowest BCUT2D eigenvalue weighted by molar-refractivity contribution is 0.678. The molecule has 0 amide bonds. The topological polar surface area (TPSA) is 80.9 Å². The molecule has 1 heterocycles. The third kappa shape index (κ3) is 2.98. The number of nitrogens with one attached hydrogen (secondary N) is 1. The Balaban J connectivity index is 2.13. The van der Waals surface area contributed by atoms with Gasteiger partial charge in [0.2, 0.25) is 0 Å². The van der Waals surface area contributed by atoms with Gasteiger partial charge in [-0.3, -0.25) is 4.21 Å². The molecule has 5 nitrogen and oxygen atoms in total. The third-order valence-electron chi connectivity index (χ3n) is 3.27. The maximum atomic E-state index is 11.3. The van der Waals surface area contributed by atoms with Crippen LogP contribution < -0.4 is 11.1 Å². The van der Waals surface area contributed by atoms with Crippen LogP contribution in [-0.4, -0.2) is 32.2 Å². The summed E-state index contributed by atoms with van der Waals surface area (Å²) in [4.78, 5) is 8.85. The Morgan fingerprint density at radius 2 is 2.17 bits per heavy atom. The van der Waals surface area contributed by atoms with Crippen molar-refractivity contribution in [2.45, 2.75) is 37.9 Å². The van der Waals surface area contributed by atoms with Crippen LogP contribution in [-0.2, 0) is 10.8 Å². The van der Waals surface area contributed by atoms with E-state index in [-0.39, 0.29) is 5.25 Å². The summed E-state index contributed by atoms with van der Waals surface area (Å²) in [7, 11) is -0.835. The molecule has 2 rings (SSSR count). The van der Waals surface area contributed by atoms with Crippen LogP contribution in [0.25, 0.3) is 0 Å². The number of nitrogens with zero attached hydrogens (tertiary/aromatic N) is 2. The quantitative estimate of drug-likeness (QED) is 0.844. The molecular weight excluding hydrogens is 248 g/mol. The molecule has 1 aromatic heterocycles. The van der Waals surface area contributed by atoms with E-state index in [4.69, 9.17) is 5.73 Å². The van der Waals surface area contributed by atoms with Gasteiger partial charge in [0, 0.05) is 40.3 Å². The van der Waals surface area contributed by atoms with Crippen LogP contribution in [0.5, 0.6) is 0 Å². The average molecular weight is 268 g/mol. The van der Waals surface area contributed by atoms with Gasteiger partial charge in [0.1, 0.15) is 17.5 Å². The molecule has 0 aliphatic heterocycles. The van der Waals surface area contributed by atoms with Crippen LogP contribution in [0.1, 0.15) is 37.1 Å². The Kier molecular flexibility index (Phi) is 3.85. The molecule has 2 atom stereocenters. The molecule has 1 aliphatic carbocycles. The molecule has 0 radical (unpaired) electrons. The van der Waals surface area contributed by atoms with E-state index in [1.54, 1.807) is 6.26 Å². The lowest BCUT2D eigenvalue weighted by Gasteiger charge is -2.14. The second kappa shape index (κ2) is 5.22. The normalized spacial score (nSPS) is 18.4. The highest BCUT2D eigenvalue weighted by atomic mass is 32.2. The Bertz CT molecular complexity index is 473. The Hall–Kier alpha value is -1.17. The molecule has 2 unspecified atom stereocenters. The molecule has 0 saturated heterocycles. The first kappa shape index (κ1) is 13.3. The minimum atomic E-state index is -0.835. The zero-order valence-corrected chi connectivity index (χ0v) is 11.9. The molecule has 0 aromatic carbocycles. The highest BCUT2D eigenvalue weighted by molar-refractivity contribution is 7.84. The van der Waals surface area contributed by atoms with Crippen molar-refractivity contribution in [2.75, 3.05) is 23.9 Å². The van der Waals surface area contributed by atoms with Gasteiger partial charge in [-0.05, 0) is 26.7 Å². The van der Waals surface area contributed by atoms with E-state index < -0.39 is 10.8 Å². The fraction of sp³-hybridized carbons (Fsp3) is 0.667. The summed E-state index contributed by atoms with van der Waals surface area (Å²) in [6.45, 7) is 4.48. The lowest BCUT2D eigenvalue weighted by atomic mass is 10.3. The van der Waals surface area contributed by atoms with Crippen molar-refractivity contribution in [1.29, 1.82) is 0 Å². The number of rotatable bonds is 5. The molecule has 3 N–H and O–H groups in total. The van der Waals surface area contributed by atoms with E-state index >= 15 is 0 Å². The Labute approximate surface area is 110 Å². The first-order valence-corrected chi connectivity index (χ1v) is 7.81. The summed E-state index contributed by atoms with van der Waals surface area (Å²) in [5, 5.41) is 3.32. The molecule has 0 bridgehead atoms. The second-order valence-electron chi connectivity index (χ2n) is 4.91. The van der Waals surface area contributed by atoms with Crippen molar-refractivity contribution >= 4 is 22.4 Å². The molecular formula is C12H20N4OS. The molecule has 1 aromatic rings. The predicted octanol–water partition coefficient (Wildman–Crippen LogP) is 1.42. The first-order chi connectivity index (χ1) is 8.49. The van der Waals surface area contributed by atoms with Gasteiger partial charge in [0.15, 0.2) is 0 Å². The number of anilines is 2. The number of nitrogens with two attached hydrogens (primary N) is 1. The van der Waals surface area contributed by atoms with Crippen molar-refractivity contribution in [3.05, 3.63) is 11.4 Å². The van der Waals surface area contributed by atoms with E-state index in [1.807, 2.05) is 13.8 Å². The van der Waals surface area contributed by atoms with Crippen molar-refractivity contribution in [3.8, 4) is 0 Å². The summed E-state index contributed by atoms with van der Waals surface area (Å²) in [5.41, 5.74) is 6.77. The van der Waals surface area contributed by atoms with E-state index in [1.165, 1.54) is 0 Å². The number of aromatic nitrogens is 2. The SMILES string of the molecule is Cc1c(N)nc(C2CC2)nc1NCC(C)S(C)=O. The minimum absolute atomic E-state index is 0.0879. The van der Waals surface area contributed by atoms with Crippen molar-refractivity contribution < 1.29 is 4.21 Å². The van der Waals surface area contributed by atoms with Crippen molar-refractivity contribution in [1.82, 2.24) is 9.97 Å². The first-order valence-electron chi connectivity index (χ1n) is 6.19. The predicted molar refractivity (Wildman–Crippen MR) is 75.2 cm³/mol. The van der Waals surface area contributed by atoms with Crippen molar-refractivity contribution in [2.24, 2.45) is 0 Å². The maximum absolute atomic E-state index is 11.3. The monoisotopic (exact) mass is 268 g/mol. The highest BCUT2D eigenvalue weighted by Crippen LogP contribution is 2.39. The van der Waals surface area contributed by atoms with E-state index in [0.29, 0.717) is 18.3 Å². The summed E-state index contributed by atoms with van der Waals surface area (Å²) < 4.78 is 11.3. The molecule has 1 fully saturated rings. The molecule has 0 spiro atoms. The van der Waals surface area contributed by atoms with Gasteiger partial charge in [-0.15, -0.1) is 0 Å². The second-order valence-corrected chi connectivity index (χ2v) is 6.71. The molecule has 1 aliphatic rings. The largest absolute Gasteiger partial charge is 0.383 e. The number of hydrogen-bond acceptors (Lipinski definition) is 5. The minimum Gasteiger partial charge on any atom is -0.383 e. The zero-order chi connectivity index (χ0) is 13.3. The van der Waals surface area contributed by atoms with Gasteiger partial charge in [0.05, 0.1) is 0 Å². The molecule has 100 valence electrons. The Morgan fingerprint density at radius 1 is 1.50 bits per heavy atom. The summed E-state index contributed by atoms with van der Waals surface area (Å²) in [6, 6.07) is 0. The van der Waals surface area contributed by atoms with Crippen LogP contribution in [0.4, 0.5) is 11.6 Å². The average Bonchev–Trinajstić information content (AvgIpc) is 3.14. The van der Waals surface area contributed by atoms with E-state index in [9.17, 15) is 4.21 Å². The molecule has 1 saturated carbocycles. The number of hydrogen-bond donors (Lipinski definition) is 2. The fourth-order valence-corrected chi connectivity index (χ4v) is 1.92. The maximum Gasteiger partial charge on any atom is 0.136 e. The van der Waals surface area contributed by atoms with Crippen LogP contribution >= 0.6 is 0 Å². The lowest BCUT2D eigenvalue weighted by Crippen LogP contribution is -2.22. The van der Waals surface area contributed by atoms with Gasteiger partial charge in [-0.1, -0.05) is 0 Å². The van der Waals surface area contributed by atoms with E-state index in [2.05, 4.69) is 15.3 Å². The smallest absolute Gasteiger partial charge is 0.136 e. The number of nitrogen functional groups attached to an aromatic ring is 1. The summed E-state index contributed by atoms with van der Waals surface area (Å²) in [5.74, 6) is 2.64. The van der Waals surface area contributed by atoms with Crippen LogP contribution in [0.2, 0.25) is 0 Å². The van der Waals surface area contributed by atoms with E-state index in [0.717, 1.165) is 30.0 Å². The van der Waals surface area contributed by atoms with Gasteiger partial charge in [-0.2, -0.15) is 0 Å². The summed E-state index contributed by atoms with van der Waals surface area (Å²) in [6.07, 6.45) is 4.01. The van der Waals surface area contributed by atoms with Crippen molar-refractivity contribution in [3.63, 3.8) is 0 Å². The van der Waals surface area contributed by atoms with Crippen LogP contribution in [0, 0.1) is 6.92 Å². The van der Waals surface area contributed by atoms with Gasteiger partial charge in [0.25, 0.3) is 0 Å². The summed E-state index contributed by atoms with van der Waals surface area (Å²) >= 11 is 0. The van der Waals surface area contributed by atoms with Crippen LogP contribution in [0.3, 0.4) is 0 Å². The van der Waals surface area contributed by atoms with Crippen LogP contribution in [0.15, 0.2) is 0 Å². The van der Waals surface area contributed by atoms with Gasteiger partial charge in [-0.25, -0.2) is 9.97 Å². The standard InChI is InChI=1S/C12H20N4OS/c1-7(18(3)17)6-14-11-8(2)10(13)15-12(16-11)9-4-5-9/h7,9H,4-6H2,1-3H3,(H3,13,14,15,16). The zero-order valence-electron chi connectivity index (χ0n) is 11.1. The van der Waals surface area contributed by atoms with Gasteiger partial charge < -0.3 is 11.1 Å². The van der Waals surface area contributed by atoms with Gasteiger partial charge >= 0.3 is 0 Å². The third-order valence-corrected chi connectivity index (χ3v) is 4.57. The molecule has 6 heteroatoms. The molecule has 18 heavy (non-hydrogen) atoms. The highest BCUT2D eigenvalue weighted by Gasteiger charge is 2.27.